The van der Waals surface area contributed by atoms with Gasteiger partial charge < -0.3 is 0 Å². The predicted molar refractivity (Wildman–Crippen MR) is 209 cm³/mol. The number of hydrogen-bond donors (Lipinski definition) is 0. The van der Waals surface area contributed by atoms with E-state index in [1.165, 1.54) is 94.3 Å². The minimum absolute atomic E-state index is 0. The molecule has 8 bridgehead atoms. The number of aromatic nitrogens is 4. The van der Waals surface area contributed by atoms with Crippen LogP contribution in [0.5, 0.6) is 0 Å². The van der Waals surface area contributed by atoms with Crippen molar-refractivity contribution < 1.29 is 17.1 Å². The summed E-state index contributed by atoms with van der Waals surface area (Å²) in [6.07, 6.45) is 27.2. The third-order valence-corrected chi connectivity index (χ3v) is 19.0. The molecule has 2 aromatic carbocycles. The SMILES string of the molecule is CC(C)(C)c1cc(CP(C23CC4CC(CC(C4)C2)C3)C23CC4CC(CC(C4)C2)C3)c(C(P)(c2ncccn2)c2ncccn2)[cH-]1.[Fe+2].c1cc[cH-]c1. The molecule has 51 heavy (non-hydrogen) atoms. The third-order valence-electron chi connectivity index (χ3n) is 14.1. The zero-order valence-electron chi connectivity index (χ0n) is 30.8. The second-order valence-corrected chi connectivity index (χ2v) is 22.7. The average Bonchev–Trinajstić information content (AvgIpc) is 3.81. The average molecular weight is 759 g/mol. The molecule has 0 N–H and O–H groups in total. The zero-order valence-corrected chi connectivity index (χ0v) is 34.0. The van der Waals surface area contributed by atoms with Crippen LogP contribution >= 0.6 is 17.2 Å². The van der Waals surface area contributed by atoms with Crippen LogP contribution in [0.25, 0.3) is 0 Å². The standard InChI is InChI=1S/C39H51N4P2.C5H5.Fe/c1-36(2,3)32-16-31(33(17-32)39(44,34-40-6-4-7-41-34)35-42-8-5-9-43-35)24-45(37-18-25-10-26(19-37)12-27(11-25)20-37)38-21-28-13-29(22-38)15-30(14-28)23-38;1-2-4-5-3-1;/h4-9,16-17,25-30H,10-15,18-24,44H2,1-3H3;1-5H;/q2*-1;+2. The fourth-order valence-corrected chi connectivity index (χ4v) is 18.7. The maximum absolute atomic E-state index is 4.90. The molecule has 2 heterocycles. The van der Waals surface area contributed by atoms with Crippen LogP contribution in [-0.4, -0.2) is 30.2 Å². The molecule has 0 amide bonds. The van der Waals surface area contributed by atoms with E-state index in [4.69, 9.17) is 19.9 Å². The Balaban J connectivity index is 0.000000576. The molecule has 0 aliphatic heterocycles. The van der Waals surface area contributed by atoms with Gasteiger partial charge in [0.05, 0.1) is 0 Å². The minimum atomic E-state index is -0.689. The fourth-order valence-electron chi connectivity index (χ4n) is 13.0. The molecule has 8 fully saturated rings. The molecule has 0 spiro atoms. The van der Waals surface area contributed by atoms with Crippen LogP contribution in [0.15, 0.2) is 79.4 Å². The summed E-state index contributed by atoms with van der Waals surface area (Å²) in [5, 5.41) is 0.482. The van der Waals surface area contributed by atoms with Crippen LogP contribution in [0.4, 0.5) is 0 Å². The van der Waals surface area contributed by atoms with E-state index in [0.29, 0.717) is 10.3 Å². The van der Waals surface area contributed by atoms with E-state index in [1.54, 1.807) is 5.56 Å². The van der Waals surface area contributed by atoms with Crippen molar-refractivity contribution in [2.24, 2.45) is 35.5 Å². The van der Waals surface area contributed by atoms with Crippen molar-refractivity contribution >= 4 is 17.2 Å². The normalized spacial score (nSPS) is 33.7. The topological polar surface area (TPSA) is 51.6 Å². The minimum Gasteiger partial charge on any atom is -0.240 e. The maximum Gasteiger partial charge on any atom is 2.00 e. The van der Waals surface area contributed by atoms with Crippen LogP contribution < -0.4 is 0 Å². The Morgan fingerprint density at radius 1 is 0.667 bits per heavy atom. The molecule has 0 radical (unpaired) electrons. The molecular formula is C44H56FeN4P2. The summed E-state index contributed by atoms with van der Waals surface area (Å²) >= 11 is 0. The van der Waals surface area contributed by atoms with Crippen molar-refractivity contribution in [3.05, 3.63) is 108 Å². The van der Waals surface area contributed by atoms with Crippen molar-refractivity contribution in [2.45, 2.75) is 125 Å². The summed E-state index contributed by atoms with van der Waals surface area (Å²) in [5.41, 5.74) is 4.36. The Hall–Kier alpha value is -1.76. The fraction of sp³-hybridized carbons (Fsp3) is 0.591. The van der Waals surface area contributed by atoms with Crippen molar-refractivity contribution in [1.29, 1.82) is 0 Å². The Labute approximate surface area is 320 Å². The molecule has 4 aromatic rings. The molecule has 7 heteroatoms. The van der Waals surface area contributed by atoms with E-state index in [0.717, 1.165) is 47.2 Å². The van der Waals surface area contributed by atoms with E-state index in [-0.39, 0.29) is 30.4 Å². The Morgan fingerprint density at radius 2 is 1.06 bits per heavy atom. The predicted octanol–water partition coefficient (Wildman–Crippen LogP) is 10.8. The van der Waals surface area contributed by atoms with Gasteiger partial charge in [-0.1, -0.05) is 26.9 Å². The molecule has 8 saturated carbocycles. The molecule has 8 aliphatic rings. The molecule has 270 valence electrons. The summed E-state index contributed by atoms with van der Waals surface area (Å²) < 4.78 is 0. The van der Waals surface area contributed by atoms with Gasteiger partial charge in [0.2, 0.25) is 0 Å². The van der Waals surface area contributed by atoms with Gasteiger partial charge in [-0.3, -0.25) is 0 Å². The Morgan fingerprint density at radius 3 is 1.39 bits per heavy atom. The van der Waals surface area contributed by atoms with Crippen LogP contribution in [0.2, 0.25) is 0 Å². The third kappa shape index (κ3) is 6.58. The number of hydrogen-bond acceptors (Lipinski definition) is 4. The summed E-state index contributed by atoms with van der Waals surface area (Å²) in [5.74, 6) is 7.54. The van der Waals surface area contributed by atoms with Gasteiger partial charge in [-0.05, 0) is 140 Å². The van der Waals surface area contributed by atoms with E-state index in [1.807, 2.05) is 67.3 Å². The smallest absolute Gasteiger partial charge is 0.240 e. The first-order chi connectivity index (χ1) is 24.1. The monoisotopic (exact) mass is 758 g/mol. The second kappa shape index (κ2) is 13.8. The van der Waals surface area contributed by atoms with Gasteiger partial charge >= 0.3 is 17.1 Å². The number of nitrogens with zero attached hydrogens (tertiary/aromatic N) is 4. The first kappa shape index (κ1) is 36.2. The molecular weight excluding hydrogens is 702 g/mol. The first-order valence-electron chi connectivity index (χ1n) is 19.7. The zero-order chi connectivity index (χ0) is 34.1. The molecule has 1 atom stereocenters. The van der Waals surface area contributed by atoms with Crippen molar-refractivity contribution in [3.63, 3.8) is 0 Å². The van der Waals surface area contributed by atoms with Crippen LogP contribution in [0, 0.1) is 35.5 Å². The molecule has 0 saturated heterocycles. The Kier molecular flexibility index (Phi) is 9.82. The quantitative estimate of drug-likeness (QED) is 0.107. The molecule has 2 aromatic heterocycles. The van der Waals surface area contributed by atoms with Crippen LogP contribution in [0.1, 0.15) is 126 Å². The summed E-state index contributed by atoms with van der Waals surface area (Å²) in [4.78, 5) is 19.6. The van der Waals surface area contributed by atoms with Gasteiger partial charge in [0, 0.05) is 24.8 Å². The van der Waals surface area contributed by atoms with Gasteiger partial charge in [-0.15, -0.1) is 22.7 Å². The summed E-state index contributed by atoms with van der Waals surface area (Å²) in [7, 11) is 3.00. The van der Waals surface area contributed by atoms with Gasteiger partial charge in [0.15, 0.2) is 0 Å². The molecule has 8 aliphatic carbocycles. The van der Waals surface area contributed by atoms with E-state index < -0.39 is 5.16 Å². The molecule has 12 rings (SSSR count). The second-order valence-electron chi connectivity index (χ2n) is 18.7. The van der Waals surface area contributed by atoms with Crippen molar-refractivity contribution in [3.8, 4) is 0 Å². The summed E-state index contributed by atoms with van der Waals surface area (Å²) in [6.45, 7) is 7.12. The Bertz CT molecular complexity index is 1590. The van der Waals surface area contributed by atoms with E-state index in [9.17, 15) is 0 Å². The van der Waals surface area contributed by atoms with Crippen molar-refractivity contribution in [1.82, 2.24) is 19.9 Å². The molecule has 4 nitrogen and oxygen atoms in total. The van der Waals surface area contributed by atoms with Gasteiger partial charge in [0.25, 0.3) is 0 Å². The number of rotatable bonds is 7. The molecule has 1 unspecified atom stereocenters. The van der Waals surface area contributed by atoms with Gasteiger partial charge in [0.1, 0.15) is 16.8 Å². The largest absolute Gasteiger partial charge is 2.00 e. The van der Waals surface area contributed by atoms with E-state index >= 15 is 0 Å². The van der Waals surface area contributed by atoms with Gasteiger partial charge in [-0.25, -0.2) is 38.1 Å². The van der Waals surface area contributed by atoms with E-state index in [2.05, 4.69) is 42.1 Å². The van der Waals surface area contributed by atoms with Crippen molar-refractivity contribution in [2.75, 3.05) is 0 Å². The summed E-state index contributed by atoms with van der Waals surface area (Å²) in [6, 6.07) is 19.0. The van der Waals surface area contributed by atoms with Crippen LogP contribution in [-0.2, 0) is 33.8 Å². The first-order valence-corrected chi connectivity index (χ1v) is 21.8. The van der Waals surface area contributed by atoms with Crippen LogP contribution in [0.3, 0.4) is 0 Å². The maximum atomic E-state index is 4.90. The van der Waals surface area contributed by atoms with Gasteiger partial charge in [-0.2, -0.15) is 35.4 Å².